The van der Waals surface area contributed by atoms with Gasteiger partial charge in [0, 0.05) is 23.1 Å². The fourth-order valence-electron chi connectivity index (χ4n) is 2.18. The highest BCUT2D eigenvalue weighted by Crippen LogP contribution is 2.27. The standard InChI is InChI=1S/C14H18BrN3O2/c1-8(2)11-5-9(15)3-4-12(11)18-14(20)17-10-6-13(19)16-7-10/h3-5,8,10H,6-7H2,1-2H3,(H,16,19)(H2,17,18,20). The third-order valence-electron chi connectivity index (χ3n) is 3.20. The Kier molecular flexibility index (Phi) is 4.65. The van der Waals surface area contributed by atoms with Gasteiger partial charge in [0.05, 0.1) is 6.04 Å². The van der Waals surface area contributed by atoms with E-state index in [1.54, 1.807) is 0 Å². The number of carbonyl (C=O) groups is 2. The van der Waals surface area contributed by atoms with Gasteiger partial charge in [0.2, 0.25) is 5.91 Å². The first-order valence-electron chi connectivity index (χ1n) is 6.59. The lowest BCUT2D eigenvalue weighted by Gasteiger charge is -2.16. The summed E-state index contributed by atoms with van der Waals surface area (Å²) in [6.07, 6.45) is 0.338. The molecule has 2 rings (SSSR count). The minimum atomic E-state index is -0.282. The number of urea groups is 1. The first-order valence-corrected chi connectivity index (χ1v) is 7.38. The molecule has 0 saturated carbocycles. The molecule has 1 heterocycles. The lowest BCUT2D eigenvalue weighted by atomic mass is 10.0. The SMILES string of the molecule is CC(C)c1cc(Br)ccc1NC(=O)NC1CNC(=O)C1. The summed E-state index contributed by atoms with van der Waals surface area (Å²) in [7, 11) is 0. The Morgan fingerprint density at radius 2 is 2.20 bits per heavy atom. The van der Waals surface area contributed by atoms with Crippen LogP contribution < -0.4 is 16.0 Å². The number of halogens is 1. The molecular weight excluding hydrogens is 322 g/mol. The van der Waals surface area contributed by atoms with Crippen molar-refractivity contribution in [3.63, 3.8) is 0 Å². The lowest BCUT2D eigenvalue weighted by molar-refractivity contribution is -0.119. The number of nitrogens with one attached hydrogen (secondary N) is 3. The van der Waals surface area contributed by atoms with Gasteiger partial charge in [0.15, 0.2) is 0 Å². The summed E-state index contributed by atoms with van der Waals surface area (Å²) in [6, 6.07) is 5.34. The van der Waals surface area contributed by atoms with Crippen LogP contribution in [0.15, 0.2) is 22.7 Å². The van der Waals surface area contributed by atoms with E-state index in [-0.39, 0.29) is 18.0 Å². The van der Waals surface area contributed by atoms with Gasteiger partial charge in [-0.3, -0.25) is 4.79 Å². The van der Waals surface area contributed by atoms with Crippen molar-refractivity contribution in [1.82, 2.24) is 10.6 Å². The monoisotopic (exact) mass is 339 g/mol. The summed E-state index contributed by atoms with van der Waals surface area (Å²) in [5, 5.41) is 8.33. The van der Waals surface area contributed by atoms with E-state index in [1.807, 2.05) is 18.2 Å². The minimum Gasteiger partial charge on any atom is -0.354 e. The number of benzene rings is 1. The third-order valence-corrected chi connectivity index (χ3v) is 3.69. The molecule has 20 heavy (non-hydrogen) atoms. The normalized spacial score (nSPS) is 18.0. The summed E-state index contributed by atoms with van der Waals surface area (Å²) in [5.74, 6) is 0.277. The molecule has 1 atom stereocenters. The molecule has 0 bridgehead atoms. The van der Waals surface area contributed by atoms with Gasteiger partial charge in [0.25, 0.3) is 0 Å². The lowest BCUT2D eigenvalue weighted by Crippen LogP contribution is -2.39. The van der Waals surface area contributed by atoms with E-state index in [4.69, 9.17) is 0 Å². The second kappa shape index (κ2) is 6.26. The molecule has 1 fully saturated rings. The van der Waals surface area contributed by atoms with Gasteiger partial charge in [-0.2, -0.15) is 0 Å². The van der Waals surface area contributed by atoms with Crippen LogP contribution in [0.1, 0.15) is 31.7 Å². The predicted molar refractivity (Wildman–Crippen MR) is 81.8 cm³/mol. The van der Waals surface area contributed by atoms with Crippen molar-refractivity contribution >= 4 is 33.6 Å². The van der Waals surface area contributed by atoms with Crippen LogP contribution in [0.25, 0.3) is 0 Å². The number of anilines is 1. The largest absolute Gasteiger partial charge is 0.354 e. The van der Waals surface area contributed by atoms with Crippen LogP contribution in [0.2, 0.25) is 0 Å². The Hall–Kier alpha value is -1.56. The predicted octanol–water partition coefficient (Wildman–Crippen LogP) is 2.58. The van der Waals surface area contributed by atoms with Crippen LogP contribution >= 0.6 is 15.9 Å². The third kappa shape index (κ3) is 3.72. The van der Waals surface area contributed by atoms with Gasteiger partial charge in [-0.1, -0.05) is 29.8 Å². The summed E-state index contributed by atoms with van der Waals surface area (Å²) in [6.45, 7) is 4.64. The minimum absolute atomic E-state index is 0.0261. The van der Waals surface area contributed by atoms with Crippen molar-refractivity contribution in [1.29, 1.82) is 0 Å². The fraction of sp³-hybridized carbons (Fsp3) is 0.429. The number of hydrogen-bond donors (Lipinski definition) is 3. The smallest absolute Gasteiger partial charge is 0.319 e. The highest BCUT2D eigenvalue weighted by molar-refractivity contribution is 9.10. The molecule has 0 aromatic heterocycles. The Morgan fingerprint density at radius 1 is 1.45 bits per heavy atom. The molecule has 0 spiro atoms. The molecule has 3 N–H and O–H groups in total. The van der Waals surface area contributed by atoms with Crippen LogP contribution in [-0.4, -0.2) is 24.5 Å². The molecule has 1 aromatic carbocycles. The molecule has 0 aliphatic carbocycles. The van der Waals surface area contributed by atoms with E-state index >= 15 is 0 Å². The van der Waals surface area contributed by atoms with E-state index in [0.717, 1.165) is 15.7 Å². The van der Waals surface area contributed by atoms with Crippen molar-refractivity contribution in [3.05, 3.63) is 28.2 Å². The molecule has 6 heteroatoms. The van der Waals surface area contributed by atoms with E-state index < -0.39 is 0 Å². The molecule has 1 aliphatic heterocycles. The first kappa shape index (κ1) is 14.8. The van der Waals surface area contributed by atoms with Crippen molar-refractivity contribution in [2.75, 3.05) is 11.9 Å². The van der Waals surface area contributed by atoms with Crippen molar-refractivity contribution in [3.8, 4) is 0 Å². The van der Waals surface area contributed by atoms with Crippen molar-refractivity contribution < 1.29 is 9.59 Å². The Labute approximate surface area is 126 Å². The summed E-state index contributed by atoms with van der Waals surface area (Å²) in [5.41, 5.74) is 1.85. The first-order chi connectivity index (χ1) is 9.45. The second-order valence-electron chi connectivity index (χ2n) is 5.19. The van der Waals surface area contributed by atoms with Crippen LogP contribution in [0, 0.1) is 0 Å². The fourth-order valence-corrected chi connectivity index (χ4v) is 2.55. The molecule has 1 aromatic rings. The maximum absolute atomic E-state index is 12.0. The van der Waals surface area contributed by atoms with E-state index in [9.17, 15) is 9.59 Å². The van der Waals surface area contributed by atoms with Crippen LogP contribution in [-0.2, 0) is 4.79 Å². The Balaban J connectivity index is 2.02. The van der Waals surface area contributed by atoms with Crippen molar-refractivity contribution in [2.45, 2.75) is 32.2 Å². The van der Waals surface area contributed by atoms with E-state index in [2.05, 4.69) is 45.7 Å². The van der Waals surface area contributed by atoms with Crippen LogP contribution in [0.5, 0.6) is 0 Å². The number of carbonyl (C=O) groups excluding carboxylic acids is 2. The second-order valence-corrected chi connectivity index (χ2v) is 6.11. The zero-order valence-electron chi connectivity index (χ0n) is 11.5. The van der Waals surface area contributed by atoms with Gasteiger partial charge in [-0.05, 0) is 29.7 Å². The molecule has 0 radical (unpaired) electrons. The van der Waals surface area contributed by atoms with Gasteiger partial charge >= 0.3 is 6.03 Å². The average molecular weight is 340 g/mol. The van der Waals surface area contributed by atoms with E-state index in [0.29, 0.717) is 18.9 Å². The zero-order valence-corrected chi connectivity index (χ0v) is 13.1. The van der Waals surface area contributed by atoms with E-state index in [1.165, 1.54) is 0 Å². The van der Waals surface area contributed by atoms with Gasteiger partial charge in [-0.15, -0.1) is 0 Å². The topological polar surface area (TPSA) is 70.2 Å². The molecule has 3 amide bonds. The highest BCUT2D eigenvalue weighted by Gasteiger charge is 2.23. The number of rotatable bonds is 3. The molecule has 1 unspecified atom stereocenters. The molecule has 5 nitrogen and oxygen atoms in total. The van der Waals surface area contributed by atoms with Gasteiger partial charge in [-0.25, -0.2) is 4.79 Å². The Morgan fingerprint density at radius 3 is 2.80 bits per heavy atom. The van der Waals surface area contributed by atoms with Crippen molar-refractivity contribution in [2.24, 2.45) is 0 Å². The molecule has 108 valence electrons. The molecular formula is C14H18BrN3O2. The summed E-state index contributed by atoms with van der Waals surface area (Å²) in [4.78, 5) is 23.0. The van der Waals surface area contributed by atoms with Gasteiger partial charge < -0.3 is 16.0 Å². The quantitative estimate of drug-likeness (QED) is 0.792. The van der Waals surface area contributed by atoms with Gasteiger partial charge in [0.1, 0.15) is 0 Å². The maximum Gasteiger partial charge on any atom is 0.319 e. The summed E-state index contributed by atoms with van der Waals surface area (Å²) >= 11 is 3.43. The number of hydrogen-bond acceptors (Lipinski definition) is 2. The van der Waals surface area contributed by atoms with Crippen LogP contribution in [0.4, 0.5) is 10.5 Å². The van der Waals surface area contributed by atoms with Crippen LogP contribution in [0.3, 0.4) is 0 Å². The number of amides is 3. The molecule has 1 saturated heterocycles. The summed E-state index contributed by atoms with van der Waals surface area (Å²) < 4.78 is 0.984. The highest BCUT2D eigenvalue weighted by atomic mass is 79.9. The maximum atomic E-state index is 12.0. The average Bonchev–Trinajstić information content (AvgIpc) is 2.76. The zero-order chi connectivity index (χ0) is 14.7. The Bertz CT molecular complexity index is 531. The molecule has 1 aliphatic rings.